The second-order valence-electron chi connectivity index (χ2n) is 4.28. The van der Waals surface area contributed by atoms with Crippen molar-refractivity contribution < 1.29 is 0 Å². The van der Waals surface area contributed by atoms with E-state index in [1.165, 1.54) is 30.2 Å². The number of nitrogens with one attached hydrogen (secondary N) is 2. The van der Waals surface area contributed by atoms with Gasteiger partial charge in [0.15, 0.2) is 0 Å². The molecule has 3 rings (SSSR count). The van der Waals surface area contributed by atoms with Crippen LogP contribution in [-0.4, -0.2) is 16.7 Å². The van der Waals surface area contributed by atoms with Crippen molar-refractivity contribution in [2.75, 3.05) is 6.54 Å². The predicted molar refractivity (Wildman–Crippen MR) is 68.4 cm³/mol. The van der Waals surface area contributed by atoms with Crippen molar-refractivity contribution in [2.24, 2.45) is 0 Å². The van der Waals surface area contributed by atoms with Gasteiger partial charge in [0, 0.05) is 11.4 Å². The van der Waals surface area contributed by atoms with Crippen LogP contribution in [0.5, 0.6) is 0 Å². The average molecular weight is 280 g/mol. The van der Waals surface area contributed by atoms with Crippen LogP contribution >= 0.6 is 15.9 Å². The Morgan fingerprint density at radius 1 is 1.31 bits per heavy atom. The van der Waals surface area contributed by atoms with Gasteiger partial charge >= 0.3 is 0 Å². The van der Waals surface area contributed by atoms with E-state index < -0.39 is 0 Å². The summed E-state index contributed by atoms with van der Waals surface area (Å²) in [6, 6.07) is 6.81. The van der Waals surface area contributed by atoms with Crippen molar-refractivity contribution in [2.45, 2.75) is 25.3 Å². The Kier molecular flexibility index (Phi) is 2.69. The number of hydrogen-bond donors (Lipinski definition) is 2. The van der Waals surface area contributed by atoms with Gasteiger partial charge < -0.3 is 5.32 Å². The second kappa shape index (κ2) is 4.18. The van der Waals surface area contributed by atoms with Gasteiger partial charge in [0.25, 0.3) is 0 Å². The minimum Gasteiger partial charge on any atom is -0.310 e. The molecule has 2 heterocycles. The molecular formula is C12H14BrN3. The topological polar surface area (TPSA) is 40.7 Å². The molecule has 0 radical (unpaired) electrons. The average Bonchev–Trinajstić information content (AvgIpc) is 2.73. The summed E-state index contributed by atoms with van der Waals surface area (Å²) in [4.78, 5) is 0. The fourth-order valence-corrected chi connectivity index (χ4v) is 2.98. The molecule has 2 N–H and O–H groups in total. The van der Waals surface area contributed by atoms with Gasteiger partial charge in [-0.3, -0.25) is 5.10 Å². The molecule has 0 aliphatic carbocycles. The Morgan fingerprint density at radius 2 is 2.25 bits per heavy atom. The van der Waals surface area contributed by atoms with Gasteiger partial charge in [0.05, 0.1) is 5.52 Å². The molecule has 2 aromatic rings. The highest BCUT2D eigenvalue weighted by atomic mass is 79.9. The predicted octanol–water partition coefficient (Wildman–Crippen LogP) is 3.14. The lowest BCUT2D eigenvalue weighted by Gasteiger charge is -2.24. The molecule has 16 heavy (non-hydrogen) atoms. The third-order valence-electron chi connectivity index (χ3n) is 3.25. The molecule has 0 amide bonds. The number of piperidine rings is 1. The molecule has 84 valence electrons. The fourth-order valence-electron chi connectivity index (χ4n) is 2.46. The standard InChI is InChI=1S/C12H14BrN3/c13-12-11-8(9-5-1-2-7-14-9)4-3-6-10(11)15-16-12/h3-4,6,9,14H,1-2,5,7H2,(H,15,16). The first-order valence-electron chi connectivity index (χ1n) is 5.72. The maximum atomic E-state index is 4.27. The van der Waals surface area contributed by atoms with Crippen LogP contribution in [0.4, 0.5) is 0 Å². The zero-order valence-electron chi connectivity index (χ0n) is 8.96. The lowest BCUT2D eigenvalue weighted by atomic mass is 9.95. The molecule has 1 aliphatic rings. The van der Waals surface area contributed by atoms with E-state index in [1.54, 1.807) is 0 Å². The number of fused-ring (bicyclic) bond motifs is 1. The Bertz CT molecular complexity index is 500. The van der Waals surface area contributed by atoms with Crippen molar-refractivity contribution in [3.05, 3.63) is 28.4 Å². The molecular weight excluding hydrogens is 266 g/mol. The second-order valence-corrected chi connectivity index (χ2v) is 5.07. The van der Waals surface area contributed by atoms with Gasteiger partial charge in [-0.05, 0) is 46.9 Å². The van der Waals surface area contributed by atoms with Gasteiger partial charge in [-0.1, -0.05) is 18.6 Å². The largest absolute Gasteiger partial charge is 0.310 e. The summed E-state index contributed by atoms with van der Waals surface area (Å²) in [5, 5.41) is 12.1. The smallest absolute Gasteiger partial charge is 0.109 e. The van der Waals surface area contributed by atoms with E-state index in [0.717, 1.165) is 16.7 Å². The first kappa shape index (κ1) is 10.3. The first-order chi connectivity index (χ1) is 7.86. The quantitative estimate of drug-likeness (QED) is 0.842. The summed E-state index contributed by atoms with van der Waals surface area (Å²) in [5.74, 6) is 0. The summed E-state index contributed by atoms with van der Waals surface area (Å²) in [5.41, 5.74) is 2.40. The molecule has 1 saturated heterocycles. The summed E-state index contributed by atoms with van der Waals surface area (Å²) in [6.45, 7) is 1.12. The van der Waals surface area contributed by atoms with Crippen LogP contribution in [0.25, 0.3) is 10.9 Å². The maximum Gasteiger partial charge on any atom is 0.109 e. The highest BCUT2D eigenvalue weighted by molar-refractivity contribution is 9.10. The van der Waals surface area contributed by atoms with Crippen molar-refractivity contribution in [1.82, 2.24) is 15.5 Å². The van der Waals surface area contributed by atoms with Crippen LogP contribution in [0.1, 0.15) is 30.9 Å². The Balaban J connectivity index is 2.10. The Morgan fingerprint density at radius 3 is 3.06 bits per heavy atom. The summed E-state index contributed by atoms with van der Waals surface area (Å²) in [7, 11) is 0. The monoisotopic (exact) mass is 279 g/mol. The number of H-pyrrole nitrogens is 1. The Hall–Kier alpha value is -0.870. The highest BCUT2D eigenvalue weighted by Gasteiger charge is 2.18. The molecule has 0 saturated carbocycles. The third kappa shape index (κ3) is 1.66. The first-order valence-corrected chi connectivity index (χ1v) is 6.51. The summed E-state index contributed by atoms with van der Waals surface area (Å²) < 4.78 is 0.991. The summed E-state index contributed by atoms with van der Waals surface area (Å²) in [6.07, 6.45) is 3.82. The normalized spacial score (nSPS) is 21.4. The molecule has 3 nitrogen and oxygen atoms in total. The summed E-state index contributed by atoms with van der Waals surface area (Å²) >= 11 is 3.54. The SMILES string of the molecule is Brc1[nH]nc2cccc(C3CCCCN3)c12. The van der Waals surface area contributed by atoms with E-state index in [9.17, 15) is 0 Å². The molecule has 0 spiro atoms. The number of benzene rings is 1. The molecule has 1 aliphatic heterocycles. The fraction of sp³-hybridized carbons (Fsp3) is 0.417. The van der Waals surface area contributed by atoms with Crippen LogP contribution in [0, 0.1) is 0 Å². The lowest BCUT2D eigenvalue weighted by molar-refractivity contribution is 0.414. The van der Waals surface area contributed by atoms with Gasteiger partial charge in [0.1, 0.15) is 4.60 Å². The van der Waals surface area contributed by atoms with E-state index >= 15 is 0 Å². The van der Waals surface area contributed by atoms with Crippen molar-refractivity contribution in [3.8, 4) is 0 Å². The van der Waals surface area contributed by atoms with E-state index in [1.807, 2.05) is 6.07 Å². The lowest BCUT2D eigenvalue weighted by Crippen LogP contribution is -2.26. The van der Waals surface area contributed by atoms with Gasteiger partial charge in [-0.2, -0.15) is 5.10 Å². The van der Waals surface area contributed by atoms with Gasteiger partial charge in [-0.25, -0.2) is 0 Å². The van der Waals surface area contributed by atoms with Crippen LogP contribution in [0.3, 0.4) is 0 Å². The van der Waals surface area contributed by atoms with Gasteiger partial charge in [-0.15, -0.1) is 0 Å². The van der Waals surface area contributed by atoms with E-state index in [4.69, 9.17) is 0 Å². The van der Waals surface area contributed by atoms with Gasteiger partial charge in [0.2, 0.25) is 0 Å². The molecule has 1 fully saturated rings. The van der Waals surface area contributed by atoms with E-state index in [-0.39, 0.29) is 0 Å². The molecule has 1 aromatic heterocycles. The zero-order valence-corrected chi connectivity index (χ0v) is 10.5. The molecule has 4 heteroatoms. The minimum absolute atomic E-state index is 0.478. The number of rotatable bonds is 1. The number of aromatic nitrogens is 2. The molecule has 1 atom stereocenters. The Labute approximate surface area is 103 Å². The minimum atomic E-state index is 0.478. The molecule has 0 bridgehead atoms. The van der Waals surface area contributed by atoms with Crippen molar-refractivity contribution in [3.63, 3.8) is 0 Å². The number of nitrogens with zero attached hydrogens (tertiary/aromatic N) is 1. The third-order valence-corrected chi connectivity index (χ3v) is 3.83. The number of aromatic amines is 1. The highest BCUT2D eigenvalue weighted by Crippen LogP contribution is 2.32. The van der Waals surface area contributed by atoms with Crippen molar-refractivity contribution in [1.29, 1.82) is 0 Å². The van der Waals surface area contributed by atoms with Crippen molar-refractivity contribution >= 4 is 26.8 Å². The molecule has 1 unspecified atom stereocenters. The maximum absolute atomic E-state index is 4.27. The van der Waals surface area contributed by atoms with E-state index in [2.05, 4.69) is 43.6 Å². The van der Waals surface area contributed by atoms with E-state index in [0.29, 0.717) is 6.04 Å². The zero-order chi connectivity index (χ0) is 11.0. The molecule has 1 aromatic carbocycles. The van der Waals surface area contributed by atoms with Crippen LogP contribution in [0.2, 0.25) is 0 Å². The van der Waals surface area contributed by atoms with Crippen LogP contribution in [-0.2, 0) is 0 Å². The van der Waals surface area contributed by atoms with Crippen LogP contribution < -0.4 is 5.32 Å². The van der Waals surface area contributed by atoms with Crippen LogP contribution in [0.15, 0.2) is 22.8 Å². The number of hydrogen-bond acceptors (Lipinski definition) is 2. The number of halogens is 1.